The lowest BCUT2D eigenvalue weighted by atomic mass is 10.2. The molecule has 0 fully saturated rings. The number of hydrogen-bond donors (Lipinski definition) is 0. The zero-order chi connectivity index (χ0) is 15.8. The molecule has 21 heavy (non-hydrogen) atoms. The van der Waals surface area contributed by atoms with Crippen LogP contribution in [0.25, 0.3) is 11.5 Å². The highest BCUT2D eigenvalue weighted by molar-refractivity contribution is 5.49. The summed E-state index contributed by atoms with van der Waals surface area (Å²) < 4.78 is 75.6. The van der Waals surface area contributed by atoms with E-state index < -0.39 is 35.3 Å². The summed E-state index contributed by atoms with van der Waals surface area (Å²) in [6, 6.07) is 0.471. The third kappa shape index (κ3) is 3.26. The van der Waals surface area contributed by atoms with Crippen LogP contribution in [0.5, 0.6) is 0 Å². The van der Waals surface area contributed by atoms with Crippen molar-refractivity contribution in [2.24, 2.45) is 0 Å². The summed E-state index contributed by atoms with van der Waals surface area (Å²) in [7, 11) is 0. The highest BCUT2D eigenvalue weighted by Crippen LogP contribution is 2.32. The lowest BCUT2D eigenvalue weighted by molar-refractivity contribution is -0.142. The molecule has 0 spiro atoms. The third-order valence-corrected chi connectivity index (χ3v) is 2.36. The molecule has 0 aliphatic rings. The van der Waals surface area contributed by atoms with Gasteiger partial charge in [0.1, 0.15) is 17.7 Å². The maximum atomic E-state index is 12.7. The van der Waals surface area contributed by atoms with Crippen LogP contribution in [0.2, 0.25) is 0 Å². The summed E-state index contributed by atoms with van der Waals surface area (Å²) in [5, 5.41) is 0. The van der Waals surface area contributed by atoms with Crippen LogP contribution in [0.4, 0.5) is 26.3 Å². The van der Waals surface area contributed by atoms with E-state index in [1.54, 1.807) is 0 Å². The molecule has 0 bridgehead atoms. The minimum atomic E-state index is -4.77. The minimum absolute atomic E-state index is 0.364. The Hall–Kier alpha value is -2.26. The molecule has 1 radical (unpaired) electrons. The number of halogens is 6. The van der Waals surface area contributed by atoms with Gasteiger partial charge in [-0.25, -0.2) is 19.9 Å². The fourth-order valence-corrected chi connectivity index (χ4v) is 1.43. The van der Waals surface area contributed by atoms with E-state index in [1.807, 2.05) is 0 Å². The van der Waals surface area contributed by atoms with Gasteiger partial charge in [-0.15, -0.1) is 0 Å². The Kier molecular flexibility index (Phi) is 3.56. The van der Waals surface area contributed by atoms with Gasteiger partial charge in [-0.05, 0) is 13.0 Å². The normalized spacial score (nSPS) is 12.5. The Morgan fingerprint density at radius 1 is 1.00 bits per heavy atom. The number of nitrogens with zero attached hydrogens (tertiary/aromatic N) is 4. The van der Waals surface area contributed by atoms with Crippen molar-refractivity contribution in [2.45, 2.75) is 19.3 Å². The average Bonchev–Trinajstić information content (AvgIpc) is 2.37. The summed E-state index contributed by atoms with van der Waals surface area (Å²) in [4.78, 5) is 13.1. The Morgan fingerprint density at radius 2 is 1.67 bits per heavy atom. The van der Waals surface area contributed by atoms with Crippen molar-refractivity contribution in [3.63, 3.8) is 0 Å². The summed E-state index contributed by atoms with van der Waals surface area (Å²) in [6.45, 7) is 1.09. The summed E-state index contributed by atoms with van der Waals surface area (Å²) >= 11 is 0. The maximum absolute atomic E-state index is 12.7. The van der Waals surface area contributed by atoms with E-state index in [0.717, 1.165) is 6.92 Å². The van der Waals surface area contributed by atoms with Crippen molar-refractivity contribution in [3.8, 4) is 11.5 Å². The van der Waals surface area contributed by atoms with E-state index in [9.17, 15) is 26.3 Å². The molecule has 2 heterocycles. The van der Waals surface area contributed by atoms with Gasteiger partial charge in [-0.3, -0.25) is 0 Å². The van der Waals surface area contributed by atoms with Crippen molar-refractivity contribution in [3.05, 3.63) is 35.5 Å². The molecule has 0 saturated carbocycles. The first-order chi connectivity index (χ1) is 9.59. The zero-order valence-corrected chi connectivity index (χ0v) is 10.2. The maximum Gasteiger partial charge on any atom is 0.433 e. The van der Waals surface area contributed by atoms with E-state index in [4.69, 9.17) is 0 Å². The third-order valence-electron chi connectivity index (χ3n) is 2.36. The summed E-state index contributed by atoms with van der Waals surface area (Å²) in [5.41, 5.74) is -3.42. The number of aromatic nitrogens is 4. The van der Waals surface area contributed by atoms with E-state index in [0.29, 0.717) is 12.4 Å². The minimum Gasteiger partial charge on any atom is -0.233 e. The van der Waals surface area contributed by atoms with Gasteiger partial charge in [0.15, 0.2) is 11.5 Å². The quantitative estimate of drug-likeness (QED) is 0.760. The van der Waals surface area contributed by atoms with Crippen LogP contribution < -0.4 is 0 Å². The van der Waals surface area contributed by atoms with Crippen molar-refractivity contribution in [1.29, 1.82) is 0 Å². The number of rotatable bonds is 1. The van der Waals surface area contributed by atoms with Crippen LogP contribution in [0.1, 0.15) is 17.0 Å². The first-order valence-electron chi connectivity index (χ1n) is 5.32. The van der Waals surface area contributed by atoms with E-state index in [-0.39, 0.29) is 5.56 Å². The SMILES string of the molecule is Cc1[c]nc(-c2cc(C(F)(F)F)ncn2)nc1C(F)(F)F. The Morgan fingerprint density at radius 3 is 2.24 bits per heavy atom. The largest absolute Gasteiger partial charge is 0.433 e. The average molecular weight is 307 g/mol. The summed E-state index contributed by atoms with van der Waals surface area (Å²) in [6.07, 6.45) is -6.88. The molecule has 10 heteroatoms. The summed E-state index contributed by atoms with van der Waals surface area (Å²) in [5.74, 6) is -0.610. The fraction of sp³-hybridized carbons (Fsp3) is 0.273. The first-order valence-corrected chi connectivity index (χ1v) is 5.32. The Labute approximate surface area is 113 Å². The smallest absolute Gasteiger partial charge is 0.233 e. The molecule has 0 amide bonds. The van der Waals surface area contributed by atoms with Gasteiger partial charge in [0.25, 0.3) is 0 Å². The molecular formula is C11H5F6N4. The fourth-order valence-electron chi connectivity index (χ4n) is 1.43. The van der Waals surface area contributed by atoms with Crippen LogP contribution >= 0.6 is 0 Å². The lowest BCUT2D eigenvalue weighted by Crippen LogP contribution is -2.13. The molecule has 0 saturated heterocycles. The van der Waals surface area contributed by atoms with Crippen molar-refractivity contribution in [2.75, 3.05) is 0 Å². The Bertz CT molecular complexity index is 664. The van der Waals surface area contributed by atoms with Gasteiger partial charge in [-0.1, -0.05) is 0 Å². The van der Waals surface area contributed by atoms with Gasteiger partial charge in [-0.2, -0.15) is 26.3 Å². The molecular weight excluding hydrogens is 302 g/mol. The zero-order valence-electron chi connectivity index (χ0n) is 10.2. The molecule has 2 aromatic heterocycles. The number of aryl methyl sites for hydroxylation is 1. The monoisotopic (exact) mass is 307 g/mol. The molecule has 0 unspecified atom stereocenters. The van der Waals surface area contributed by atoms with E-state index in [2.05, 4.69) is 26.1 Å². The molecule has 2 rings (SSSR count). The number of hydrogen-bond acceptors (Lipinski definition) is 4. The second-order valence-electron chi connectivity index (χ2n) is 3.92. The predicted molar refractivity (Wildman–Crippen MR) is 56.6 cm³/mol. The van der Waals surface area contributed by atoms with Gasteiger partial charge in [0.2, 0.25) is 0 Å². The standard InChI is InChI=1S/C11H5F6N4/c1-5-3-18-9(21-8(5)11(15,16)17)6-2-7(10(12,13)14)20-4-19-6/h2,4H,1H3. The van der Waals surface area contributed by atoms with Crippen LogP contribution in [-0.4, -0.2) is 19.9 Å². The van der Waals surface area contributed by atoms with Gasteiger partial charge in [0, 0.05) is 5.56 Å². The molecule has 111 valence electrons. The predicted octanol–water partition coefficient (Wildman–Crippen LogP) is 3.08. The lowest BCUT2D eigenvalue weighted by Gasteiger charge is -2.10. The second-order valence-corrected chi connectivity index (χ2v) is 3.92. The molecule has 0 N–H and O–H groups in total. The molecule has 0 aliphatic heterocycles. The molecule has 0 aliphatic carbocycles. The molecule has 4 nitrogen and oxygen atoms in total. The van der Waals surface area contributed by atoms with Crippen LogP contribution in [0.3, 0.4) is 0 Å². The van der Waals surface area contributed by atoms with Gasteiger partial charge in [0.05, 0.1) is 6.20 Å². The second kappa shape index (κ2) is 4.93. The van der Waals surface area contributed by atoms with Crippen LogP contribution in [-0.2, 0) is 12.4 Å². The highest BCUT2D eigenvalue weighted by Gasteiger charge is 2.36. The topological polar surface area (TPSA) is 51.6 Å². The Balaban J connectivity index is 2.53. The van der Waals surface area contributed by atoms with Crippen molar-refractivity contribution >= 4 is 0 Å². The molecule has 2 aromatic rings. The number of alkyl halides is 6. The molecule has 0 aromatic carbocycles. The molecule has 0 atom stereocenters. The van der Waals surface area contributed by atoms with Gasteiger partial charge >= 0.3 is 12.4 Å². The van der Waals surface area contributed by atoms with Crippen LogP contribution in [0, 0.1) is 13.1 Å². The van der Waals surface area contributed by atoms with E-state index >= 15 is 0 Å². The van der Waals surface area contributed by atoms with Crippen molar-refractivity contribution < 1.29 is 26.3 Å². The first kappa shape index (κ1) is 15.1. The van der Waals surface area contributed by atoms with Crippen LogP contribution in [0.15, 0.2) is 12.4 Å². The highest BCUT2D eigenvalue weighted by atomic mass is 19.4. The van der Waals surface area contributed by atoms with Gasteiger partial charge < -0.3 is 0 Å². The van der Waals surface area contributed by atoms with E-state index in [1.165, 1.54) is 0 Å². The van der Waals surface area contributed by atoms with Crippen molar-refractivity contribution in [1.82, 2.24) is 19.9 Å².